The highest BCUT2D eigenvalue weighted by molar-refractivity contribution is 8.14. The molecule has 0 aliphatic rings. The van der Waals surface area contributed by atoms with E-state index in [9.17, 15) is 9.59 Å². The Labute approximate surface area is 86.5 Å². The highest BCUT2D eigenvalue weighted by Gasteiger charge is 2.05. The fourth-order valence-electron chi connectivity index (χ4n) is 0.761. The molecule has 0 aliphatic heterocycles. The highest BCUT2D eigenvalue weighted by Crippen LogP contribution is 2.10. The monoisotopic (exact) mass is 209 g/mol. The number of rotatable bonds is 3. The second kappa shape index (κ2) is 5.44. The Morgan fingerprint density at radius 1 is 1.43 bits per heavy atom. The third-order valence-electron chi connectivity index (χ3n) is 1.31. The Hall–Kier alpha value is -1.29. The van der Waals surface area contributed by atoms with Crippen LogP contribution in [0.5, 0.6) is 5.75 Å². The minimum absolute atomic E-state index is 0.0495. The molecule has 0 N–H and O–H groups in total. The van der Waals surface area contributed by atoms with Crippen molar-refractivity contribution in [3.8, 4) is 5.75 Å². The number of carbonyl (C=O) groups excluding carboxylic acids is 2. The maximum absolute atomic E-state index is 11.1. The quantitative estimate of drug-likeness (QED) is 0.561. The Kier molecular flexibility index (Phi) is 4.19. The molecule has 0 saturated heterocycles. The molecule has 0 aromatic heterocycles. The van der Waals surface area contributed by atoms with Crippen molar-refractivity contribution in [1.82, 2.24) is 0 Å². The van der Waals surface area contributed by atoms with Gasteiger partial charge in [-0.05, 0) is 18.2 Å². The van der Waals surface area contributed by atoms with Crippen LogP contribution in [0, 0.1) is 6.07 Å². The molecule has 0 saturated carbocycles. The van der Waals surface area contributed by atoms with Gasteiger partial charge in [0.1, 0.15) is 5.75 Å². The topological polar surface area (TPSA) is 43.4 Å². The second-order valence-corrected chi connectivity index (χ2v) is 3.64. The van der Waals surface area contributed by atoms with Crippen LogP contribution in [-0.2, 0) is 9.59 Å². The Morgan fingerprint density at radius 3 is 2.64 bits per heavy atom. The molecule has 0 atom stereocenters. The van der Waals surface area contributed by atoms with Crippen molar-refractivity contribution in [2.45, 2.75) is 6.92 Å². The highest BCUT2D eigenvalue weighted by atomic mass is 32.2. The molecule has 73 valence electrons. The summed E-state index contributed by atoms with van der Waals surface area (Å²) in [4.78, 5) is 21.7. The standard InChI is InChI=1S/C10H9O3S/c1-8(11)14-7-10(12)13-9-5-3-2-4-6-9/h3-6H,7H2,1H3. The number of thioether (sulfide) groups is 1. The van der Waals surface area contributed by atoms with Gasteiger partial charge in [-0.2, -0.15) is 0 Å². The average Bonchev–Trinajstić information content (AvgIpc) is 2.16. The molecular formula is C10H9O3S. The lowest BCUT2D eigenvalue weighted by Crippen LogP contribution is -2.11. The molecule has 0 amide bonds. The number of hydrogen-bond donors (Lipinski definition) is 0. The summed E-state index contributed by atoms with van der Waals surface area (Å²) in [5.41, 5.74) is 0. The third-order valence-corrected chi connectivity index (χ3v) is 2.10. The van der Waals surface area contributed by atoms with Crippen molar-refractivity contribution in [3.05, 3.63) is 30.3 Å². The van der Waals surface area contributed by atoms with Gasteiger partial charge in [0.2, 0.25) is 0 Å². The zero-order chi connectivity index (χ0) is 10.4. The van der Waals surface area contributed by atoms with E-state index < -0.39 is 5.97 Å². The maximum atomic E-state index is 11.1. The Morgan fingerprint density at radius 2 is 2.07 bits per heavy atom. The zero-order valence-corrected chi connectivity index (χ0v) is 8.47. The molecular weight excluding hydrogens is 200 g/mol. The molecule has 1 radical (unpaired) electrons. The van der Waals surface area contributed by atoms with Gasteiger partial charge < -0.3 is 4.74 Å². The molecule has 1 aromatic carbocycles. The van der Waals surface area contributed by atoms with Gasteiger partial charge in [0, 0.05) is 6.92 Å². The molecule has 0 fully saturated rings. The van der Waals surface area contributed by atoms with Gasteiger partial charge in [-0.15, -0.1) is 0 Å². The van der Waals surface area contributed by atoms with Crippen LogP contribution in [0.1, 0.15) is 6.92 Å². The summed E-state index contributed by atoms with van der Waals surface area (Å²) < 4.78 is 4.93. The lowest BCUT2D eigenvalue weighted by molar-refractivity contribution is -0.131. The normalized spacial score (nSPS) is 9.50. The molecule has 0 unspecified atom stereocenters. The van der Waals surface area contributed by atoms with Crippen LogP contribution in [0.3, 0.4) is 0 Å². The van der Waals surface area contributed by atoms with Crippen LogP contribution in [0.15, 0.2) is 24.3 Å². The summed E-state index contributed by atoms with van der Waals surface area (Å²) in [5, 5.41) is -0.0941. The van der Waals surface area contributed by atoms with Gasteiger partial charge in [-0.1, -0.05) is 23.9 Å². The summed E-state index contributed by atoms with van der Waals surface area (Å²) in [5.74, 6) is 0.0998. The zero-order valence-electron chi connectivity index (χ0n) is 7.65. The van der Waals surface area contributed by atoms with E-state index in [0.717, 1.165) is 11.8 Å². The van der Waals surface area contributed by atoms with E-state index in [1.54, 1.807) is 24.3 Å². The largest absolute Gasteiger partial charge is 0.426 e. The first kappa shape index (κ1) is 10.8. The van der Waals surface area contributed by atoms with Crippen LogP contribution in [-0.4, -0.2) is 16.8 Å². The summed E-state index contributed by atoms with van der Waals surface area (Å²) in [6.07, 6.45) is 0. The van der Waals surface area contributed by atoms with E-state index in [4.69, 9.17) is 4.74 Å². The molecule has 14 heavy (non-hydrogen) atoms. The predicted molar refractivity (Wildman–Crippen MR) is 54.1 cm³/mol. The van der Waals surface area contributed by atoms with E-state index in [1.807, 2.05) is 0 Å². The maximum Gasteiger partial charge on any atom is 0.321 e. The van der Waals surface area contributed by atoms with Crippen molar-refractivity contribution in [1.29, 1.82) is 0 Å². The van der Waals surface area contributed by atoms with E-state index in [1.165, 1.54) is 6.92 Å². The number of carbonyl (C=O) groups is 2. The lowest BCUT2D eigenvalue weighted by Gasteiger charge is -2.01. The second-order valence-electron chi connectivity index (χ2n) is 2.49. The van der Waals surface area contributed by atoms with Crippen LogP contribution < -0.4 is 4.74 Å². The number of esters is 1. The van der Waals surface area contributed by atoms with Crippen molar-refractivity contribution in [2.75, 3.05) is 5.75 Å². The molecule has 0 heterocycles. The summed E-state index contributed by atoms with van der Waals surface area (Å²) in [6, 6.07) is 9.38. The van der Waals surface area contributed by atoms with Gasteiger partial charge in [-0.3, -0.25) is 9.59 Å². The summed E-state index contributed by atoms with van der Waals surface area (Å²) in [7, 11) is 0. The van der Waals surface area contributed by atoms with Crippen LogP contribution in [0.4, 0.5) is 0 Å². The van der Waals surface area contributed by atoms with Gasteiger partial charge >= 0.3 is 5.97 Å². The first-order valence-electron chi connectivity index (χ1n) is 3.98. The van der Waals surface area contributed by atoms with Crippen LogP contribution >= 0.6 is 11.8 Å². The average molecular weight is 209 g/mol. The van der Waals surface area contributed by atoms with Crippen LogP contribution in [0.2, 0.25) is 0 Å². The van der Waals surface area contributed by atoms with E-state index in [2.05, 4.69) is 6.07 Å². The molecule has 4 heteroatoms. The lowest BCUT2D eigenvalue weighted by atomic mass is 10.3. The van der Waals surface area contributed by atoms with Gasteiger partial charge in [0.25, 0.3) is 0 Å². The summed E-state index contributed by atoms with van der Waals surface area (Å²) in [6.45, 7) is 1.41. The Bertz CT molecular complexity index is 321. The number of ether oxygens (including phenoxy) is 1. The molecule has 0 aliphatic carbocycles. The SMILES string of the molecule is CC(=O)SCC(=O)Oc1cc[c]cc1. The minimum Gasteiger partial charge on any atom is -0.426 e. The first-order chi connectivity index (χ1) is 6.68. The fourth-order valence-corrected chi connectivity index (χ4v) is 1.14. The van der Waals surface area contributed by atoms with Gasteiger partial charge in [-0.25, -0.2) is 0 Å². The smallest absolute Gasteiger partial charge is 0.321 e. The molecule has 0 spiro atoms. The molecule has 0 bridgehead atoms. The van der Waals surface area contributed by atoms with E-state index in [-0.39, 0.29) is 10.9 Å². The third kappa shape index (κ3) is 4.09. The molecule has 3 nitrogen and oxygen atoms in total. The summed E-state index contributed by atoms with van der Waals surface area (Å²) >= 11 is 0.937. The van der Waals surface area contributed by atoms with Crippen LogP contribution in [0.25, 0.3) is 0 Å². The van der Waals surface area contributed by atoms with Crippen molar-refractivity contribution >= 4 is 22.8 Å². The Balaban J connectivity index is 2.38. The fraction of sp³-hybridized carbons (Fsp3) is 0.200. The molecule has 1 rings (SSSR count). The van der Waals surface area contributed by atoms with E-state index >= 15 is 0 Å². The first-order valence-corrected chi connectivity index (χ1v) is 4.97. The van der Waals surface area contributed by atoms with Crippen molar-refractivity contribution in [2.24, 2.45) is 0 Å². The number of benzene rings is 1. The van der Waals surface area contributed by atoms with Gasteiger partial charge in [0.15, 0.2) is 5.12 Å². The number of hydrogen-bond acceptors (Lipinski definition) is 4. The van der Waals surface area contributed by atoms with Gasteiger partial charge in [0.05, 0.1) is 5.75 Å². The van der Waals surface area contributed by atoms with Crippen molar-refractivity contribution < 1.29 is 14.3 Å². The molecule has 1 aromatic rings. The van der Waals surface area contributed by atoms with Crippen molar-refractivity contribution in [3.63, 3.8) is 0 Å². The van der Waals surface area contributed by atoms with E-state index in [0.29, 0.717) is 5.75 Å². The minimum atomic E-state index is -0.420. The predicted octanol–water partition coefficient (Wildman–Crippen LogP) is 1.67.